The minimum atomic E-state index is 0.193. The topological polar surface area (TPSA) is 20.3 Å². The Kier molecular flexibility index (Phi) is 4.07. The number of fused-ring (bicyclic) bond motifs is 2. The first-order valence-electron chi connectivity index (χ1n) is 7.23. The molecule has 0 saturated carbocycles. The number of hydrogen-bond acceptors (Lipinski definition) is 2. The van der Waals surface area contributed by atoms with Crippen molar-refractivity contribution in [2.75, 3.05) is 7.05 Å². The van der Waals surface area contributed by atoms with Gasteiger partial charge in [0.15, 0.2) is 0 Å². The predicted molar refractivity (Wildman–Crippen MR) is 82.5 cm³/mol. The van der Waals surface area contributed by atoms with E-state index in [-0.39, 0.29) is 5.92 Å². The van der Waals surface area contributed by atoms with Gasteiger partial charge in [0.25, 0.3) is 0 Å². The molecule has 2 bridgehead atoms. The van der Waals surface area contributed by atoms with Gasteiger partial charge in [0.1, 0.15) is 5.78 Å². The van der Waals surface area contributed by atoms with Crippen molar-refractivity contribution in [3.8, 4) is 0 Å². The summed E-state index contributed by atoms with van der Waals surface area (Å²) >= 11 is 12.2. The van der Waals surface area contributed by atoms with Crippen LogP contribution in [0.25, 0.3) is 0 Å². The Hall–Kier alpha value is -0.570. The average molecular weight is 312 g/mol. The molecule has 2 heterocycles. The van der Waals surface area contributed by atoms with Gasteiger partial charge in [-0.3, -0.25) is 4.79 Å². The van der Waals surface area contributed by atoms with E-state index in [4.69, 9.17) is 23.2 Å². The molecule has 0 N–H and O–H groups in total. The standard InChI is InChI=1S/C16H19Cl2NO/c1-19-12-5-6-13(19)8-11(7-12)15(20)9-10-3-2-4-14(17)16(10)18/h2-4,11-13H,5-9H2,1H3. The van der Waals surface area contributed by atoms with Crippen molar-refractivity contribution >= 4 is 29.0 Å². The smallest absolute Gasteiger partial charge is 0.140 e. The molecule has 2 atom stereocenters. The number of rotatable bonds is 3. The van der Waals surface area contributed by atoms with Crippen molar-refractivity contribution in [3.05, 3.63) is 33.8 Å². The highest BCUT2D eigenvalue weighted by Crippen LogP contribution is 2.38. The molecule has 1 aromatic carbocycles. The van der Waals surface area contributed by atoms with Crippen LogP contribution in [0.5, 0.6) is 0 Å². The van der Waals surface area contributed by atoms with Crippen molar-refractivity contribution in [1.82, 2.24) is 4.90 Å². The minimum absolute atomic E-state index is 0.193. The van der Waals surface area contributed by atoms with Crippen LogP contribution in [0.15, 0.2) is 18.2 Å². The Morgan fingerprint density at radius 3 is 2.55 bits per heavy atom. The third-order valence-electron chi connectivity index (χ3n) is 4.95. The van der Waals surface area contributed by atoms with Crippen molar-refractivity contribution in [2.45, 2.75) is 44.2 Å². The van der Waals surface area contributed by atoms with Gasteiger partial charge in [-0.05, 0) is 44.4 Å². The molecule has 0 aliphatic carbocycles. The fourth-order valence-electron chi connectivity index (χ4n) is 3.69. The van der Waals surface area contributed by atoms with E-state index in [9.17, 15) is 4.79 Å². The summed E-state index contributed by atoms with van der Waals surface area (Å²) in [5, 5.41) is 1.05. The Morgan fingerprint density at radius 2 is 1.90 bits per heavy atom. The molecule has 1 aromatic rings. The molecule has 2 fully saturated rings. The summed E-state index contributed by atoms with van der Waals surface area (Å²) in [7, 11) is 2.19. The summed E-state index contributed by atoms with van der Waals surface area (Å²) in [5.74, 6) is 0.512. The van der Waals surface area contributed by atoms with Crippen LogP contribution in [-0.4, -0.2) is 29.8 Å². The lowest BCUT2D eigenvalue weighted by atomic mass is 9.85. The quantitative estimate of drug-likeness (QED) is 0.841. The number of Topliss-reactive ketones (excluding diaryl/α,β-unsaturated/α-hetero) is 1. The molecule has 2 unspecified atom stereocenters. The molecule has 108 valence electrons. The third kappa shape index (κ3) is 2.61. The molecular formula is C16H19Cl2NO. The zero-order chi connectivity index (χ0) is 14.3. The Labute approximate surface area is 130 Å². The van der Waals surface area contributed by atoms with Gasteiger partial charge in [-0.25, -0.2) is 0 Å². The van der Waals surface area contributed by atoms with Gasteiger partial charge in [-0.2, -0.15) is 0 Å². The minimum Gasteiger partial charge on any atom is -0.300 e. The molecule has 0 spiro atoms. The second-order valence-electron chi connectivity index (χ2n) is 6.07. The molecule has 0 amide bonds. The maximum absolute atomic E-state index is 12.5. The summed E-state index contributed by atoms with van der Waals surface area (Å²) in [4.78, 5) is 15.0. The van der Waals surface area contributed by atoms with Crippen molar-refractivity contribution < 1.29 is 4.79 Å². The van der Waals surface area contributed by atoms with Gasteiger partial charge >= 0.3 is 0 Å². The molecule has 2 nitrogen and oxygen atoms in total. The monoisotopic (exact) mass is 311 g/mol. The van der Waals surface area contributed by atoms with Crippen LogP contribution in [-0.2, 0) is 11.2 Å². The molecule has 2 aliphatic rings. The average Bonchev–Trinajstić information content (AvgIpc) is 2.66. The van der Waals surface area contributed by atoms with Gasteiger partial charge in [0.05, 0.1) is 10.0 Å². The van der Waals surface area contributed by atoms with E-state index in [0.29, 0.717) is 34.3 Å². The first kappa shape index (κ1) is 14.4. The first-order chi connectivity index (χ1) is 9.56. The third-order valence-corrected chi connectivity index (χ3v) is 5.81. The molecule has 20 heavy (non-hydrogen) atoms. The second-order valence-corrected chi connectivity index (χ2v) is 6.86. The predicted octanol–water partition coefficient (Wildman–Crippen LogP) is 3.98. The highest BCUT2D eigenvalue weighted by Gasteiger charge is 2.40. The van der Waals surface area contributed by atoms with Gasteiger partial charge in [-0.15, -0.1) is 0 Å². The lowest BCUT2D eigenvalue weighted by molar-refractivity contribution is -0.124. The Balaban J connectivity index is 1.70. The van der Waals surface area contributed by atoms with Crippen molar-refractivity contribution in [2.24, 2.45) is 5.92 Å². The summed E-state index contributed by atoms with van der Waals surface area (Å²) in [5.41, 5.74) is 0.857. The number of nitrogens with zero attached hydrogens (tertiary/aromatic N) is 1. The van der Waals surface area contributed by atoms with Crippen molar-refractivity contribution in [1.29, 1.82) is 0 Å². The van der Waals surface area contributed by atoms with E-state index in [2.05, 4.69) is 11.9 Å². The van der Waals surface area contributed by atoms with E-state index >= 15 is 0 Å². The fraction of sp³-hybridized carbons (Fsp3) is 0.562. The summed E-state index contributed by atoms with van der Waals surface area (Å²) in [6.07, 6.45) is 4.90. The lowest BCUT2D eigenvalue weighted by Gasteiger charge is -2.35. The number of piperidine rings is 1. The number of benzene rings is 1. The van der Waals surface area contributed by atoms with E-state index < -0.39 is 0 Å². The number of hydrogen-bond donors (Lipinski definition) is 0. The largest absolute Gasteiger partial charge is 0.300 e. The SMILES string of the molecule is CN1C2CCC1CC(C(=O)Cc1cccc(Cl)c1Cl)C2. The second kappa shape index (κ2) is 5.67. The van der Waals surface area contributed by atoms with E-state index in [1.54, 1.807) is 6.07 Å². The molecule has 0 radical (unpaired) electrons. The van der Waals surface area contributed by atoms with Gasteiger partial charge in [0, 0.05) is 24.4 Å². The van der Waals surface area contributed by atoms with Crippen LogP contribution in [0.1, 0.15) is 31.2 Å². The van der Waals surface area contributed by atoms with Crippen LogP contribution in [0, 0.1) is 5.92 Å². The van der Waals surface area contributed by atoms with Crippen LogP contribution >= 0.6 is 23.2 Å². The van der Waals surface area contributed by atoms with Crippen molar-refractivity contribution in [3.63, 3.8) is 0 Å². The number of carbonyl (C=O) groups is 1. The highest BCUT2D eigenvalue weighted by atomic mass is 35.5. The zero-order valence-electron chi connectivity index (χ0n) is 11.6. The van der Waals surface area contributed by atoms with Gasteiger partial charge in [0.2, 0.25) is 0 Å². The highest BCUT2D eigenvalue weighted by molar-refractivity contribution is 6.42. The molecule has 4 heteroatoms. The van der Waals surface area contributed by atoms with Crippen LogP contribution < -0.4 is 0 Å². The summed E-state index contributed by atoms with van der Waals surface area (Å²) in [6.45, 7) is 0. The number of carbonyl (C=O) groups excluding carboxylic acids is 1. The maximum Gasteiger partial charge on any atom is 0.140 e. The summed E-state index contributed by atoms with van der Waals surface area (Å²) in [6, 6.07) is 6.70. The molecule has 3 rings (SSSR count). The fourth-order valence-corrected chi connectivity index (χ4v) is 4.08. The number of halogens is 2. The van der Waals surface area contributed by atoms with E-state index in [1.165, 1.54) is 12.8 Å². The van der Waals surface area contributed by atoms with E-state index in [0.717, 1.165) is 18.4 Å². The molecule has 2 aliphatic heterocycles. The molecule has 0 aromatic heterocycles. The maximum atomic E-state index is 12.5. The first-order valence-corrected chi connectivity index (χ1v) is 7.99. The van der Waals surface area contributed by atoms with Gasteiger partial charge in [-0.1, -0.05) is 35.3 Å². The normalized spacial score (nSPS) is 29.6. The summed E-state index contributed by atoms with van der Waals surface area (Å²) < 4.78 is 0. The lowest BCUT2D eigenvalue weighted by Crippen LogP contribution is -2.42. The van der Waals surface area contributed by atoms with Crippen LogP contribution in [0.4, 0.5) is 0 Å². The van der Waals surface area contributed by atoms with Crippen LogP contribution in [0.2, 0.25) is 10.0 Å². The molecular weight excluding hydrogens is 293 g/mol. The van der Waals surface area contributed by atoms with E-state index in [1.807, 2.05) is 12.1 Å². The Bertz CT molecular complexity index is 517. The molecule has 2 saturated heterocycles. The number of ketones is 1. The Morgan fingerprint density at radius 1 is 1.25 bits per heavy atom. The van der Waals surface area contributed by atoms with Crippen LogP contribution in [0.3, 0.4) is 0 Å². The van der Waals surface area contributed by atoms with Gasteiger partial charge < -0.3 is 4.90 Å². The zero-order valence-corrected chi connectivity index (χ0v) is 13.1.